The molecule has 0 aliphatic carbocycles. The molecule has 2 heterocycles. The molecule has 5 nitrogen and oxygen atoms in total. The van der Waals surface area contributed by atoms with Gasteiger partial charge in [-0.15, -0.1) is 0 Å². The summed E-state index contributed by atoms with van der Waals surface area (Å²) in [6.07, 6.45) is -1.85. The third-order valence-electron chi connectivity index (χ3n) is 6.43. The van der Waals surface area contributed by atoms with Gasteiger partial charge in [0.15, 0.2) is 0 Å². The van der Waals surface area contributed by atoms with Crippen molar-refractivity contribution in [3.05, 3.63) is 59.7 Å². The van der Waals surface area contributed by atoms with Crippen LogP contribution in [0, 0.1) is 5.92 Å². The van der Waals surface area contributed by atoms with Crippen LogP contribution >= 0.6 is 0 Å². The molecule has 2 aliphatic heterocycles. The molecule has 2 aliphatic rings. The zero-order valence-electron chi connectivity index (χ0n) is 17.8. The number of nitrogens with zero attached hydrogens (tertiary/aromatic N) is 2. The fraction of sp³-hybridized carbons (Fsp3) is 0.458. The maximum Gasteiger partial charge on any atom is 0.416 e. The lowest BCUT2D eigenvalue weighted by molar-refractivity contribution is -0.137. The zero-order valence-corrected chi connectivity index (χ0v) is 17.8. The Bertz CT molecular complexity index is 922. The van der Waals surface area contributed by atoms with E-state index in [9.17, 15) is 23.1 Å². The summed E-state index contributed by atoms with van der Waals surface area (Å²) < 4.78 is 39.8. The Morgan fingerprint density at radius 3 is 2.28 bits per heavy atom. The van der Waals surface area contributed by atoms with Crippen molar-refractivity contribution < 1.29 is 23.1 Å². The number of carbonyl (C=O) groups excluding carboxylic acids is 1. The Labute approximate surface area is 185 Å². The molecular formula is C24H28F3N3O2. The molecule has 2 fully saturated rings. The van der Waals surface area contributed by atoms with Crippen molar-refractivity contribution >= 4 is 17.4 Å². The van der Waals surface area contributed by atoms with Crippen molar-refractivity contribution in [2.75, 3.05) is 36.4 Å². The van der Waals surface area contributed by atoms with Crippen molar-refractivity contribution in [3.63, 3.8) is 0 Å². The van der Waals surface area contributed by atoms with Crippen molar-refractivity contribution in [2.24, 2.45) is 5.92 Å². The van der Waals surface area contributed by atoms with Gasteiger partial charge in [0.1, 0.15) is 0 Å². The average Bonchev–Trinajstić information content (AvgIpc) is 3.33. The number of rotatable bonds is 4. The summed E-state index contributed by atoms with van der Waals surface area (Å²) in [7, 11) is 0. The number of urea groups is 1. The molecule has 4 rings (SSSR count). The van der Waals surface area contributed by atoms with Crippen LogP contribution in [0.5, 0.6) is 0 Å². The van der Waals surface area contributed by atoms with Gasteiger partial charge in [-0.05, 0) is 55.4 Å². The molecule has 0 spiro atoms. The number of alkyl halides is 3. The first kappa shape index (κ1) is 22.5. The fourth-order valence-electron chi connectivity index (χ4n) is 4.58. The number of aliphatic hydroxyl groups is 1. The van der Waals surface area contributed by atoms with Crippen LogP contribution in [-0.2, 0) is 6.18 Å². The molecule has 2 amide bonds. The Balaban J connectivity index is 1.43. The van der Waals surface area contributed by atoms with Gasteiger partial charge in [0.25, 0.3) is 0 Å². The quantitative estimate of drug-likeness (QED) is 0.670. The van der Waals surface area contributed by atoms with Crippen molar-refractivity contribution in [2.45, 2.75) is 38.0 Å². The number of likely N-dealkylation sites (tertiary alicyclic amines) is 1. The number of aliphatic hydroxyl groups excluding tert-OH is 1. The largest absolute Gasteiger partial charge is 0.416 e. The summed E-state index contributed by atoms with van der Waals surface area (Å²) in [5.74, 6) is 0.0372. The van der Waals surface area contributed by atoms with Gasteiger partial charge in [-0.3, -0.25) is 0 Å². The minimum Gasteiger partial charge on any atom is -0.388 e. The monoisotopic (exact) mass is 447 g/mol. The molecule has 8 heteroatoms. The molecule has 0 bridgehead atoms. The van der Waals surface area contributed by atoms with E-state index >= 15 is 0 Å². The third-order valence-corrected chi connectivity index (χ3v) is 6.43. The summed E-state index contributed by atoms with van der Waals surface area (Å²) in [6.45, 7) is 2.41. The van der Waals surface area contributed by atoms with E-state index < -0.39 is 23.9 Å². The van der Waals surface area contributed by atoms with Crippen LogP contribution in [-0.4, -0.2) is 42.2 Å². The number of hydrogen-bond acceptors (Lipinski definition) is 3. The first-order valence-corrected chi connectivity index (χ1v) is 11.1. The van der Waals surface area contributed by atoms with Crippen molar-refractivity contribution in [3.8, 4) is 0 Å². The fourth-order valence-corrected chi connectivity index (χ4v) is 4.58. The highest BCUT2D eigenvalue weighted by Crippen LogP contribution is 2.37. The second-order valence-electron chi connectivity index (χ2n) is 8.53. The van der Waals surface area contributed by atoms with Gasteiger partial charge in [0, 0.05) is 26.2 Å². The molecule has 0 saturated carbocycles. The molecule has 2 aromatic carbocycles. The summed E-state index contributed by atoms with van der Waals surface area (Å²) in [4.78, 5) is 16.5. The van der Waals surface area contributed by atoms with Gasteiger partial charge in [0.05, 0.1) is 23.0 Å². The number of amides is 2. The first-order valence-electron chi connectivity index (χ1n) is 11.1. The second-order valence-corrected chi connectivity index (χ2v) is 8.53. The SMILES string of the molecule is O=C(Nc1cc(C(F)(F)F)ccc1N1CCCC1)N1CCC([C@H](O)c2ccccc2)CC1. The number of anilines is 2. The molecule has 0 aromatic heterocycles. The van der Waals surface area contributed by atoms with Gasteiger partial charge in [-0.25, -0.2) is 4.79 Å². The van der Waals surface area contributed by atoms with Crippen molar-refractivity contribution in [1.82, 2.24) is 4.90 Å². The summed E-state index contributed by atoms with van der Waals surface area (Å²) in [5, 5.41) is 13.4. The minimum absolute atomic E-state index is 0.0372. The average molecular weight is 448 g/mol. The lowest BCUT2D eigenvalue weighted by atomic mass is 9.87. The second kappa shape index (κ2) is 9.40. The Kier molecular flexibility index (Phi) is 6.60. The highest BCUT2D eigenvalue weighted by Gasteiger charge is 2.33. The van der Waals surface area contributed by atoms with Gasteiger partial charge in [-0.1, -0.05) is 30.3 Å². The van der Waals surface area contributed by atoms with Crippen LogP contribution in [0.2, 0.25) is 0 Å². The lowest BCUT2D eigenvalue weighted by Crippen LogP contribution is -2.42. The van der Waals surface area contributed by atoms with Gasteiger partial charge in [0.2, 0.25) is 0 Å². The number of hydrogen-bond donors (Lipinski definition) is 2. The summed E-state index contributed by atoms with van der Waals surface area (Å²) in [5.41, 5.74) is 0.895. The van der Waals surface area contributed by atoms with Crippen molar-refractivity contribution in [1.29, 1.82) is 0 Å². The number of benzene rings is 2. The molecule has 32 heavy (non-hydrogen) atoms. The van der Waals surface area contributed by atoms with E-state index in [4.69, 9.17) is 0 Å². The number of nitrogens with one attached hydrogen (secondary N) is 1. The Morgan fingerprint density at radius 1 is 1.00 bits per heavy atom. The van der Waals surface area contributed by atoms with E-state index in [-0.39, 0.29) is 11.6 Å². The maximum absolute atomic E-state index is 13.3. The van der Waals surface area contributed by atoms with Crippen LogP contribution in [0.4, 0.5) is 29.3 Å². The standard InChI is InChI=1S/C24H28F3N3O2/c25-24(26,27)19-8-9-21(29-12-4-5-13-29)20(16-19)28-23(32)30-14-10-18(11-15-30)22(31)17-6-2-1-3-7-17/h1-3,6-9,16,18,22,31H,4-5,10-15H2,(H,28,32)/t22-/m1/s1. The summed E-state index contributed by atoms with van der Waals surface area (Å²) >= 11 is 0. The van der Waals surface area contributed by atoms with E-state index in [1.54, 1.807) is 4.90 Å². The third kappa shape index (κ3) is 5.01. The highest BCUT2D eigenvalue weighted by molar-refractivity contribution is 5.93. The van der Waals surface area contributed by atoms with E-state index in [0.29, 0.717) is 31.6 Å². The molecular weight excluding hydrogens is 419 g/mol. The molecule has 172 valence electrons. The Morgan fingerprint density at radius 2 is 1.66 bits per heavy atom. The lowest BCUT2D eigenvalue weighted by Gasteiger charge is -2.34. The zero-order chi connectivity index (χ0) is 22.7. The van der Waals surface area contributed by atoms with E-state index in [1.807, 2.05) is 35.2 Å². The normalized spacial score (nSPS) is 18.6. The molecule has 2 N–H and O–H groups in total. The first-order chi connectivity index (χ1) is 15.3. The highest BCUT2D eigenvalue weighted by atomic mass is 19.4. The molecule has 2 aromatic rings. The summed E-state index contributed by atoms with van der Waals surface area (Å²) in [6, 6.07) is 12.6. The van der Waals surface area contributed by atoms with Gasteiger partial charge >= 0.3 is 12.2 Å². The molecule has 0 unspecified atom stereocenters. The van der Waals surface area contributed by atoms with E-state index in [0.717, 1.165) is 43.6 Å². The number of piperidine rings is 1. The number of halogens is 3. The smallest absolute Gasteiger partial charge is 0.388 e. The minimum atomic E-state index is -4.48. The molecule has 0 radical (unpaired) electrons. The van der Waals surface area contributed by atoms with Crippen LogP contribution in [0.15, 0.2) is 48.5 Å². The van der Waals surface area contributed by atoms with Crippen LogP contribution < -0.4 is 10.2 Å². The topological polar surface area (TPSA) is 55.8 Å². The van der Waals surface area contributed by atoms with Gasteiger partial charge < -0.3 is 20.2 Å². The van der Waals surface area contributed by atoms with E-state index in [2.05, 4.69) is 5.32 Å². The predicted octanol–water partition coefficient (Wildman–Crippen LogP) is 5.28. The van der Waals surface area contributed by atoms with Crippen LogP contribution in [0.3, 0.4) is 0 Å². The predicted molar refractivity (Wildman–Crippen MR) is 118 cm³/mol. The van der Waals surface area contributed by atoms with Crippen LogP contribution in [0.25, 0.3) is 0 Å². The van der Waals surface area contributed by atoms with E-state index in [1.165, 1.54) is 6.07 Å². The molecule has 2 saturated heterocycles. The van der Waals surface area contributed by atoms with Gasteiger partial charge in [-0.2, -0.15) is 13.2 Å². The number of carbonyl (C=O) groups is 1. The van der Waals surface area contributed by atoms with Crippen LogP contribution in [0.1, 0.15) is 42.9 Å². The molecule has 1 atom stereocenters. The maximum atomic E-state index is 13.3. The Hall–Kier alpha value is -2.74.